The molecule has 158 valence electrons. The summed E-state index contributed by atoms with van der Waals surface area (Å²) >= 11 is 0. The zero-order valence-electron chi connectivity index (χ0n) is 18.0. The van der Waals surface area contributed by atoms with Crippen LogP contribution in [0.3, 0.4) is 0 Å². The molecule has 0 aliphatic rings. The quantitative estimate of drug-likeness (QED) is 0.257. The number of guanidine groups is 1. The highest BCUT2D eigenvalue weighted by atomic mass is 127. The summed E-state index contributed by atoms with van der Waals surface area (Å²) in [6, 6.07) is 8.02. The third-order valence-corrected chi connectivity index (χ3v) is 4.41. The minimum absolute atomic E-state index is 0. The highest BCUT2D eigenvalue weighted by molar-refractivity contribution is 14.0. The van der Waals surface area contributed by atoms with E-state index in [0.29, 0.717) is 12.5 Å². The predicted octanol–water partition coefficient (Wildman–Crippen LogP) is 3.42. The molecule has 0 fully saturated rings. The second-order valence-corrected chi connectivity index (χ2v) is 7.08. The second-order valence-electron chi connectivity index (χ2n) is 7.08. The molecule has 1 heterocycles. The standard InChI is InChI=1S/C22H31N5O.HI/c1-7-14-28-20-10-8-18(9-11-20)12-13-24-22(23-4)26(5)15-19-16-27(6)25-21(19)17(2)3;/h1,8-11,16-17H,12-15H2,2-6H3,(H,23,24);1H. The Bertz CT molecular complexity index is 821. The molecule has 1 aromatic carbocycles. The molecule has 0 radical (unpaired) electrons. The molecule has 0 atom stereocenters. The lowest BCUT2D eigenvalue weighted by molar-refractivity contribution is 0.370. The number of hydrogen-bond donors (Lipinski definition) is 1. The molecular formula is C22H32IN5O. The van der Waals surface area contributed by atoms with E-state index in [1.54, 1.807) is 0 Å². The van der Waals surface area contributed by atoms with Crippen molar-refractivity contribution < 1.29 is 4.74 Å². The van der Waals surface area contributed by atoms with E-state index in [-0.39, 0.29) is 24.0 Å². The van der Waals surface area contributed by atoms with Crippen molar-refractivity contribution in [2.24, 2.45) is 12.0 Å². The van der Waals surface area contributed by atoms with Gasteiger partial charge in [0.25, 0.3) is 0 Å². The van der Waals surface area contributed by atoms with Crippen LogP contribution in [0.15, 0.2) is 35.5 Å². The largest absolute Gasteiger partial charge is 0.481 e. The fourth-order valence-electron chi connectivity index (χ4n) is 3.07. The number of hydrogen-bond acceptors (Lipinski definition) is 3. The van der Waals surface area contributed by atoms with Crippen molar-refractivity contribution in [1.29, 1.82) is 0 Å². The van der Waals surface area contributed by atoms with E-state index in [2.05, 4.69) is 58.4 Å². The smallest absolute Gasteiger partial charge is 0.193 e. The van der Waals surface area contributed by atoms with Crippen LogP contribution in [0, 0.1) is 12.3 Å². The van der Waals surface area contributed by atoms with Gasteiger partial charge in [0.2, 0.25) is 0 Å². The Morgan fingerprint density at radius 2 is 2.03 bits per heavy atom. The van der Waals surface area contributed by atoms with Crippen molar-refractivity contribution in [3.63, 3.8) is 0 Å². The van der Waals surface area contributed by atoms with Crippen molar-refractivity contribution in [3.8, 4) is 18.1 Å². The zero-order valence-corrected chi connectivity index (χ0v) is 20.3. The molecule has 0 aliphatic heterocycles. The summed E-state index contributed by atoms with van der Waals surface area (Å²) in [5.41, 5.74) is 3.59. The number of benzene rings is 1. The number of terminal acetylenes is 1. The molecule has 0 aliphatic carbocycles. The number of aryl methyl sites for hydroxylation is 1. The van der Waals surface area contributed by atoms with Crippen molar-refractivity contribution in [1.82, 2.24) is 20.0 Å². The topological polar surface area (TPSA) is 54.7 Å². The lowest BCUT2D eigenvalue weighted by atomic mass is 10.1. The van der Waals surface area contributed by atoms with Crippen LogP contribution in [-0.2, 0) is 20.0 Å². The van der Waals surface area contributed by atoms with E-state index in [0.717, 1.165) is 36.9 Å². The lowest BCUT2D eigenvalue weighted by Gasteiger charge is -2.22. The average Bonchev–Trinajstić information content (AvgIpc) is 3.04. The minimum Gasteiger partial charge on any atom is -0.481 e. The van der Waals surface area contributed by atoms with E-state index in [4.69, 9.17) is 11.2 Å². The summed E-state index contributed by atoms with van der Waals surface area (Å²) in [6.45, 7) is 6.19. The van der Waals surface area contributed by atoms with E-state index in [1.807, 2.05) is 38.0 Å². The Morgan fingerprint density at radius 3 is 2.62 bits per heavy atom. The van der Waals surface area contributed by atoms with Crippen LogP contribution in [0.2, 0.25) is 0 Å². The molecule has 0 spiro atoms. The number of ether oxygens (including phenoxy) is 1. The van der Waals surface area contributed by atoms with Gasteiger partial charge in [-0.25, -0.2) is 0 Å². The normalized spacial score (nSPS) is 11.0. The van der Waals surface area contributed by atoms with Gasteiger partial charge in [-0.3, -0.25) is 9.67 Å². The number of nitrogens with zero attached hydrogens (tertiary/aromatic N) is 4. The molecule has 29 heavy (non-hydrogen) atoms. The fourth-order valence-corrected chi connectivity index (χ4v) is 3.07. The minimum atomic E-state index is 0. The van der Waals surface area contributed by atoms with Gasteiger partial charge in [0.15, 0.2) is 5.96 Å². The third-order valence-electron chi connectivity index (χ3n) is 4.41. The van der Waals surface area contributed by atoms with Crippen LogP contribution in [0.1, 0.15) is 36.6 Å². The Morgan fingerprint density at radius 1 is 1.34 bits per heavy atom. The van der Waals surface area contributed by atoms with Gasteiger partial charge in [0.1, 0.15) is 12.4 Å². The van der Waals surface area contributed by atoms with E-state index in [1.165, 1.54) is 11.1 Å². The van der Waals surface area contributed by atoms with Crippen LogP contribution in [-0.4, -0.2) is 47.9 Å². The van der Waals surface area contributed by atoms with Crippen molar-refractivity contribution in [2.75, 3.05) is 27.2 Å². The molecule has 0 bridgehead atoms. The number of halogens is 1. The molecule has 2 aromatic rings. The van der Waals surface area contributed by atoms with Gasteiger partial charge in [0.05, 0.1) is 5.69 Å². The first-order valence-corrected chi connectivity index (χ1v) is 9.54. The van der Waals surface area contributed by atoms with Crippen LogP contribution in [0.5, 0.6) is 5.75 Å². The van der Waals surface area contributed by atoms with Crippen LogP contribution in [0.25, 0.3) is 0 Å². The SMILES string of the molecule is C#CCOc1ccc(CCNC(=NC)N(C)Cc2cn(C)nc2C(C)C)cc1.I. The van der Waals surface area contributed by atoms with E-state index >= 15 is 0 Å². The van der Waals surface area contributed by atoms with Gasteiger partial charge in [0, 0.05) is 46.0 Å². The summed E-state index contributed by atoms with van der Waals surface area (Å²) in [6.07, 6.45) is 8.19. The first-order valence-electron chi connectivity index (χ1n) is 9.54. The van der Waals surface area contributed by atoms with Crippen LogP contribution < -0.4 is 10.1 Å². The van der Waals surface area contributed by atoms with Gasteiger partial charge in [-0.15, -0.1) is 30.4 Å². The molecule has 0 saturated heterocycles. The molecule has 2 rings (SSSR count). The molecule has 0 saturated carbocycles. The summed E-state index contributed by atoms with van der Waals surface area (Å²) in [5.74, 6) is 4.53. The molecular weight excluding hydrogens is 477 g/mol. The number of nitrogens with one attached hydrogen (secondary N) is 1. The summed E-state index contributed by atoms with van der Waals surface area (Å²) in [5, 5.41) is 8.02. The summed E-state index contributed by atoms with van der Waals surface area (Å²) in [4.78, 5) is 6.53. The Balaban J connectivity index is 0.00000420. The van der Waals surface area contributed by atoms with Crippen LogP contribution >= 0.6 is 24.0 Å². The fraction of sp³-hybridized carbons (Fsp3) is 0.455. The molecule has 0 unspecified atom stereocenters. The maximum Gasteiger partial charge on any atom is 0.193 e. The first kappa shape index (κ1) is 24.8. The molecule has 6 nitrogen and oxygen atoms in total. The van der Waals surface area contributed by atoms with E-state index in [9.17, 15) is 0 Å². The zero-order chi connectivity index (χ0) is 20.5. The van der Waals surface area contributed by atoms with Gasteiger partial charge < -0.3 is 15.0 Å². The molecule has 7 heteroatoms. The Hall–Kier alpha value is -2.21. The maximum absolute atomic E-state index is 5.40. The number of aliphatic imine (C=N–C) groups is 1. The lowest BCUT2D eigenvalue weighted by Crippen LogP contribution is -2.39. The second kappa shape index (κ2) is 12.4. The monoisotopic (exact) mass is 509 g/mol. The Kier molecular flexibility index (Phi) is 10.6. The van der Waals surface area contributed by atoms with Crippen molar-refractivity contribution in [2.45, 2.75) is 32.7 Å². The highest BCUT2D eigenvalue weighted by Crippen LogP contribution is 2.18. The van der Waals surface area contributed by atoms with Gasteiger partial charge in [-0.1, -0.05) is 31.9 Å². The van der Waals surface area contributed by atoms with Crippen LogP contribution in [0.4, 0.5) is 0 Å². The number of rotatable bonds is 8. The van der Waals surface area contributed by atoms with Gasteiger partial charge in [-0.05, 0) is 30.0 Å². The first-order chi connectivity index (χ1) is 13.4. The summed E-state index contributed by atoms with van der Waals surface area (Å²) in [7, 11) is 5.82. The van der Waals surface area contributed by atoms with Gasteiger partial charge in [-0.2, -0.15) is 5.10 Å². The average molecular weight is 509 g/mol. The Labute approximate surface area is 191 Å². The summed E-state index contributed by atoms with van der Waals surface area (Å²) < 4.78 is 7.28. The molecule has 1 aromatic heterocycles. The number of aromatic nitrogens is 2. The highest BCUT2D eigenvalue weighted by Gasteiger charge is 2.15. The maximum atomic E-state index is 5.40. The molecule has 0 amide bonds. The van der Waals surface area contributed by atoms with Gasteiger partial charge >= 0.3 is 0 Å². The molecule has 1 N–H and O–H groups in total. The van der Waals surface area contributed by atoms with Crippen molar-refractivity contribution in [3.05, 3.63) is 47.3 Å². The third kappa shape index (κ3) is 7.61. The van der Waals surface area contributed by atoms with E-state index < -0.39 is 0 Å². The predicted molar refractivity (Wildman–Crippen MR) is 130 cm³/mol. The van der Waals surface area contributed by atoms with Crippen molar-refractivity contribution >= 4 is 29.9 Å².